The van der Waals surface area contributed by atoms with E-state index in [4.69, 9.17) is 11.6 Å². The summed E-state index contributed by atoms with van der Waals surface area (Å²) in [5.41, 5.74) is 0. The maximum atomic E-state index is 13.3. The van der Waals surface area contributed by atoms with Gasteiger partial charge in [0.05, 0.1) is 10.4 Å². The highest BCUT2D eigenvalue weighted by atomic mass is 35.5. The van der Waals surface area contributed by atoms with E-state index < -0.39 is 10.7 Å². The first-order valence-corrected chi connectivity index (χ1v) is 14.5. The number of thioether (sulfide) groups is 2. The van der Waals surface area contributed by atoms with Gasteiger partial charge in [0.1, 0.15) is 4.75 Å². The molecule has 0 aliphatic heterocycles. The van der Waals surface area contributed by atoms with E-state index in [2.05, 4.69) is 17.2 Å². The number of thiazole rings is 1. The van der Waals surface area contributed by atoms with Gasteiger partial charge in [-0.1, -0.05) is 41.6 Å². The van der Waals surface area contributed by atoms with Gasteiger partial charge in [0.15, 0.2) is 5.13 Å². The number of anilines is 1. The minimum Gasteiger partial charge on any atom is -0.480 e. The zero-order valence-electron chi connectivity index (χ0n) is 19.8. The monoisotopic (exact) mass is 541 g/mol. The number of urea groups is 1. The Bertz CT molecular complexity index is 960. The second-order valence-electron chi connectivity index (χ2n) is 9.10. The van der Waals surface area contributed by atoms with Crippen LogP contribution in [0.5, 0.6) is 0 Å². The van der Waals surface area contributed by atoms with Gasteiger partial charge in [-0.3, -0.25) is 10.1 Å². The Morgan fingerprint density at radius 3 is 2.56 bits per heavy atom. The molecule has 10 heteroatoms. The summed E-state index contributed by atoms with van der Waals surface area (Å²) in [6, 6.07) is 7.93. The van der Waals surface area contributed by atoms with Gasteiger partial charge in [-0.25, -0.2) is 9.78 Å². The van der Waals surface area contributed by atoms with Crippen LogP contribution in [-0.2, 0) is 4.79 Å². The first-order valence-electron chi connectivity index (χ1n) is 11.5. The Morgan fingerprint density at radius 1 is 1.24 bits per heavy atom. The van der Waals surface area contributed by atoms with Crippen LogP contribution in [0, 0.1) is 5.92 Å². The summed E-state index contributed by atoms with van der Waals surface area (Å²) in [7, 11) is 0. The molecule has 2 aromatic rings. The SMILES string of the molecule is CC1CCC(N(CCCSc2ccc(Cl)cc2)C(=O)Nc2ncc(SC(C)(C)C(=O)O)s2)CC1. The van der Waals surface area contributed by atoms with Crippen LogP contribution in [0.1, 0.15) is 52.9 Å². The number of hydrogen-bond donors (Lipinski definition) is 2. The second-order valence-corrected chi connectivity index (χ2v) is 13.7. The summed E-state index contributed by atoms with van der Waals surface area (Å²) < 4.78 is -0.194. The number of amides is 2. The minimum atomic E-state index is -0.958. The Hall–Kier alpha value is -1.42. The van der Waals surface area contributed by atoms with Gasteiger partial charge in [0, 0.05) is 22.5 Å². The van der Waals surface area contributed by atoms with Crippen LogP contribution >= 0.6 is 46.5 Å². The third-order valence-electron chi connectivity index (χ3n) is 5.88. The smallest absolute Gasteiger partial charge is 0.323 e. The molecule has 34 heavy (non-hydrogen) atoms. The fraction of sp³-hybridized carbons (Fsp3) is 0.542. The van der Waals surface area contributed by atoms with E-state index in [1.165, 1.54) is 28.0 Å². The van der Waals surface area contributed by atoms with Crippen molar-refractivity contribution >= 4 is 63.6 Å². The third-order valence-corrected chi connectivity index (χ3v) is 9.43. The van der Waals surface area contributed by atoms with Crippen molar-refractivity contribution in [2.24, 2.45) is 5.92 Å². The Labute approximate surface area is 219 Å². The number of halogens is 1. The third kappa shape index (κ3) is 8.07. The first kappa shape index (κ1) is 27.2. The summed E-state index contributed by atoms with van der Waals surface area (Å²) in [5, 5.41) is 13.5. The van der Waals surface area contributed by atoms with Crippen LogP contribution in [0.25, 0.3) is 0 Å². The molecular weight excluding hydrogens is 510 g/mol. The molecule has 6 nitrogen and oxygen atoms in total. The van der Waals surface area contributed by atoms with Crippen molar-refractivity contribution in [2.45, 2.75) is 72.8 Å². The normalized spacial score (nSPS) is 18.5. The van der Waals surface area contributed by atoms with Crippen molar-refractivity contribution in [3.05, 3.63) is 35.5 Å². The molecule has 0 bridgehead atoms. The predicted octanol–water partition coefficient (Wildman–Crippen LogP) is 7.35. The molecule has 1 heterocycles. The van der Waals surface area contributed by atoms with Gasteiger partial charge in [-0.05, 0) is 81.9 Å². The van der Waals surface area contributed by atoms with Crippen molar-refractivity contribution < 1.29 is 14.7 Å². The van der Waals surface area contributed by atoms with Crippen LogP contribution in [0.15, 0.2) is 39.6 Å². The number of nitrogens with one attached hydrogen (secondary N) is 1. The Balaban J connectivity index is 1.59. The summed E-state index contributed by atoms with van der Waals surface area (Å²) in [6.07, 6.45) is 6.82. The highest BCUT2D eigenvalue weighted by Gasteiger charge is 2.30. The number of carbonyl (C=O) groups excluding carboxylic acids is 1. The van der Waals surface area contributed by atoms with Crippen molar-refractivity contribution in [3.8, 4) is 0 Å². The predicted molar refractivity (Wildman–Crippen MR) is 144 cm³/mol. The first-order chi connectivity index (χ1) is 16.1. The van der Waals surface area contributed by atoms with Crippen molar-refractivity contribution in [3.63, 3.8) is 0 Å². The topological polar surface area (TPSA) is 82.5 Å². The standard InChI is InChI=1S/C24H32ClN3O3S3/c1-16-5-9-18(10-6-16)28(13-4-14-32-19-11-7-17(25)8-12-19)23(31)27-22-26-15-20(33-22)34-24(2,3)21(29)30/h7-8,11-12,15-16,18H,4-6,9-10,13-14H2,1-3H3,(H,29,30)(H,26,27,31). The average molecular weight is 542 g/mol. The van der Waals surface area contributed by atoms with Crippen LogP contribution in [0.2, 0.25) is 5.02 Å². The number of benzene rings is 1. The highest BCUT2D eigenvalue weighted by molar-refractivity contribution is 8.03. The molecular formula is C24H32ClN3O3S3. The van der Waals surface area contributed by atoms with Gasteiger partial charge >= 0.3 is 12.0 Å². The largest absolute Gasteiger partial charge is 0.480 e. The number of hydrogen-bond acceptors (Lipinski definition) is 6. The van der Waals surface area contributed by atoms with Gasteiger partial charge in [0.25, 0.3) is 0 Å². The summed E-state index contributed by atoms with van der Waals surface area (Å²) >= 11 is 10.3. The number of aromatic nitrogens is 1. The fourth-order valence-electron chi connectivity index (χ4n) is 3.78. The van der Waals surface area contributed by atoms with Crippen molar-refractivity contribution in [2.75, 3.05) is 17.6 Å². The van der Waals surface area contributed by atoms with E-state index in [1.54, 1.807) is 31.8 Å². The van der Waals surface area contributed by atoms with Crippen LogP contribution in [0.3, 0.4) is 0 Å². The molecule has 0 spiro atoms. The molecule has 1 aromatic carbocycles. The van der Waals surface area contributed by atoms with Crippen LogP contribution in [-0.4, -0.2) is 50.1 Å². The van der Waals surface area contributed by atoms with Gasteiger partial charge in [0.2, 0.25) is 0 Å². The maximum absolute atomic E-state index is 13.3. The van der Waals surface area contributed by atoms with E-state index in [-0.39, 0.29) is 12.1 Å². The van der Waals surface area contributed by atoms with E-state index in [9.17, 15) is 14.7 Å². The number of carboxylic acid groups (broad SMARTS) is 1. The summed E-state index contributed by atoms with van der Waals surface area (Å²) in [4.78, 5) is 32.1. The number of rotatable bonds is 10. The Morgan fingerprint density at radius 2 is 1.91 bits per heavy atom. The van der Waals surface area contributed by atoms with Crippen molar-refractivity contribution in [1.82, 2.24) is 9.88 Å². The number of carboxylic acids is 1. The maximum Gasteiger partial charge on any atom is 0.323 e. The van der Waals surface area contributed by atoms with Crippen molar-refractivity contribution in [1.29, 1.82) is 0 Å². The lowest BCUT2D eigenvalue weighted by Gasteiger charge is -2.36. The van der Waals surface area contributed by atoms with Crippen LogP contribution in [0.4, 0.5) is 9.93 Å². The van der Waals surface area contributed by atoms with E-state index in [0.717, 1.165) is 47.1 Å². The fourth-order valence-corrected chi connectivity index (χ4v) is 7.01. The quantitative estimate of drug-likeness (QED) is 0.242. The van der Waals surface area contributed by atoms with Gasteiger partial charge < -0.3 is 10.0 Å². The Kier molecular flexibility index (Phi) is 10.0. The average Bonchev–Trinajstić information content (AvgIpc) is 3.21. The molecule has 0 unspecified atom stereocenters. The molecule has 2 N–H and O–H groups in total. The summed E-state index contributed by atoms with van der Waals surface area (Å²) in [5.74, 6) is 0.736. The lowest BCUT2D eigenvalue weighted by Crippen LogP contribution is -2.45. The number of aliphatic carboxylic acids is 1. The van der Waals surface area contributed by atoms with Crippen LogP contribution < -0.4 is 5.32 Å². The minimum absolute atomic E-state index is 0.126. The van der Waals surface area contributed by atoms with Gasteiger partial charge in [-0.2, -0.15) is 0 Å². The molecule has 2 amide bonds. The number of carbonyl (C=O) groups is 2. The molecule has 0 atom stereocenters. The molecule has 0 radical (unpaired) electrons. The molecule has 3 rings (SSSR count). The molecule has 1 saturated carbocycles. The molecule has 186 valence electrons. The van der Waals surface area contributed by atoms with E-state index in [1.807, 2.05) is 29.2 Å². The number of nitrogens with zero attached hydrogens (tertiary/aromatic N) is 2. The lowest BCUT2D eigenvalue weighted by atomic mass is 9.86. The summed E-state index contributed by atoms with van der Waals surface area (Å²) in [6.45, 7) is 6.28. The van der Waals surface area contributed by atoms with E-state index >= 15 is 0 Å². The molecule has 1 fully saturated rings. The second kappa shape index (κ2) is 12.5. The zero-order valence-corrected chi connectivity index (χ0v) is 23.0. The zero-order chi connectivity index (χ0) is 24.7. The highest BCUT2D eigenvalue weighted by Crippen LogP contribution is 2.37. The van der Waals surface area contributed by atoms with Gasteiger partial charge in [-0.15, -0.1) is 11.8 Å². The molecule has 1 aliphatic carbocycles. The molecule has 1 aliphatic rings. The molecule has 0 saturated heterocycles. The molecule has 1 aromatic heterocycles. The lowest BCUT2D eigenvalue weighted by molar-refractivity contribution is -0.138. The van der Waals surface area contributed by atoms with E-state index in [0.29, 0.717) is 17.6 Å².